The second-order valence-electron chi connectivity index (χ2n) is 5.84. The van der Waals surface area contributed by atoms with Gasteiger partial charge in [-0.05, 0) is 37.6 Å². The largest absolute Gasteiger partial charge is 0.490 e. The van der Waals surface area contributed by atoms with Crippen molar-refractivity contribution in [3.8, 4) is 22.9 Å². The molecule has 0 saturated heterocycles. The first-order valence-corrected chi connectivity index (χ1v) is 8.66. The number of nitro groups is 1. The molecule has 0 fully saturated rings. The molecule has 0 amide bonds. The molecule has 0 aliphatic carbocycles. The number of benzene rings is 2. The predicted molar refractivity (Wildman–Crippen MR) is 99.8 cm³/mol. The number of hydrogen-bond acceptors (Lipinski definition) is 5. The van der Waals surface area contributed by atoms with Gasteiger partial charge in [0.25, 0.3) is 5.69 Å². The molecule has 0 atom stereocenters. The van der Waals surface area contributed by atoms with Crippen LogP contribution in [0.4, 0.5) is 5.69 Å². The number of aromatic nitrogens is 2. The van der Waals surface area contributed by atoms with Gasteiger partial charge >= 0.3 is 0 Å². The summed E-state index contributed by atoms with van der Waals surface area (Å²) >= 11 is 0. The third kappa shape index (κ3) is 3.77. The highest BCUT2D eigenvalue weighted by molar-refractivity contribution is 5.81. The molecule has 1 aromatic heterocycles. The Labute approximate surface area is 151 Å². The van der Waals surface area contributed by atoms with Crippen molar-refractivity contribution in [3.05, 3.63) is 46.5 Å². The Balaban J connectivity index is 1.93. The van der Waals surface area contributed by atoms with Gasteiger partial charge in [0, 0.05) is 17.7 Å². The fourth-order valence-electron chi connectivity index (χ4n) is 2.62. The van der Waals surface area contributed by atoms with E-state index in [9.17, 15) is 10.1 Å². The normalized spacial score (nSPS) is 10.8. The van der Waals surface area contributed by atoms with Crippen molar-refractivity contribution in [2.75, 3.05) is 13.2 Å². The number of nitrogens with zero attached hydrogens (tertiary/aromatic N) is 2. The van der Waals surface area contributed by atoms with Crippen LogP contribution < -0.4 is 9.47 Å². The average molecular weight is 355 g/mol. The molecule has 1 N–H and O–H groups in total. The molecule has 0 saturated carbocycles. The van der Waals surface area contributed by atoms with Crippen molar-refractivity contribution in [1.29, 1.82) is 0 Å². The summed E-state index contributed by atoms with van der Waals surface area (Å²) in [5, 5.41) is 10.9. The molecule has 26 heavy (non-hydrogen) atoms. The quantitative estimate of drug-likeness (QED) is 0.359. The molecule has 7 nitrogen and oxygen atoms in total. The molecule has 136 valence electrons. The van der Waals surface area contributed by atoms with E-state index >= 15 is 0 Å². The Morgan fingerprint density at radius 3 is 2.69 bits per heavy atom. The Bertz CT molecular complexity index is 920. The van der Waals surface area contributed by atoms with Gasteiger partial charge in [-0.25, -0.2) is 4.98 Å². The van der Waals surface area contributed by atoms with E-state index in [1.807, 2.05) is 25.1 Å². The molecule has 3 aromatic rings. The van der Waals surface area contributed by atoms with Gasteiger partial charge in [-0.2, -0.15) is 0 Å². The van der Waals surface area contributed by atoms with E-state index in [2.05, 4.69) is 16.9 Å². The Hall–Kier alpha value is -3.09. The number of imidazole rings is 1. The number of fused-ring (bicyclic) bond motifs is 1. The average Bonchev–Trinajstić information content (AvgIpc) is 3.06. The molecule has 0 aliphatic rings. The summed E-state index contributed by atoms with van der Waals surface area (Å²) in [5.74, 6) is 1.99. The highest BCUT2D eigenvalue weighted by Gasteiger charge is 2.13. The minimum atomic E-state index is -0.421. The number of nitro benzene ring substituents is 1. The topological polar surface area (TPSA) is 90.3 Å². The van der Waals surface area contributed by atoms with Crippen LogP contribution in [0.25, 0.3) is 22.4 Å². The molecule has 0 bridgehead atoms. The van der Waals surface area contributed by atoms with Crippen molar-refractivity contribution in [2.45, 2.75) is 26.7 Å². The minimum absolute atomic E-state index is 0.0300. The van der Waals surface area contributed by atoms with Crippen LogP contribution in [-0.4, -0.2) is 28.1 Å². The number of nitrogens with one attached hydrogen (secondary N) is 1. The van der Waals surface area contributed by atoms with Crippen molar-refractivity contribution in [3.63, 3.8) is 0 Å². The molecule has 0 radical (unpaired) electrons. The Morgan fingerprint density at radius 1 is 1.12 bits per heavy atom. The minimum Gasteiger partial charge on any atom is -0.490 e. The summed E-state index contributed by atoms with van der Waals surface area (Å²) in [6.07, 6.45) is 2.04. The van der Waals surface area contributed by atoms with Crippen LogP contribution in [0, 0.1) is 10.1 Å². The van der Waals surface area contributed by atoms with Crippen LogP contribution >= 0.6 is 0 Å². The van der Waals surface area contributed by atoms with Gasteiger partial charge < -0.3 is 14.5 Å². The molecule has 0 aliphatic heterocycles. The van der Waals surface area contributed by atoms with Gasteiger partial charge in [0.2, 0.25) is 0 Å². The van der Waals surface area contributed by atoms with E-state index in [0.717, 1.165) is 18.4 Å². The van der Waals surface area contributed by atoms with Crippen molar-refractivity contribution in [1.82, 2.24) is 9.97 Å². The highest BCUT2D eigenvalue weighted by atomic mass is 16.6. The van der Waals surface area contributed by atoms with Crippen LogP contribution in [0.1, 0.15) is 26.7 Å². The third-order valence-electron chi connectivity index (χ3n) is 3.95. The number of hydrogen-bond donors (Lipinski definition) is 1. The highest BCUT2D eigenvalue weighted by Crippen LogP contribution is 2.33. The smallest absolute Gasteiger partial charge is 0.271 e. The van der Waals surface area contributed by atoms with Crippen LogP contribution in [0.5, 0.6) is 11.5 Å². The number of rotatable bonds is 8. The Morgan fingerprint density at radius 2 is 1.96 bits per heavy atom. The fraction of sp³-hybridized carbons (Fsp3) is 0.316. The number of H-pyrrole nitrogens is 1. The SMILES string of the molecule is CCCCOc1ccc(-c2nc3ccc([N+](=O)[O-])cc3[nH]2)cc1OCC. The monoisotopic (exact) mass is 355 g/mol. The first kappa shape index (κ1) is 17.7. The molecule has 1 heterocycles. The molecule has 3 rings (SSSR count). The molecule has 2 aromatic carbocycles. The number of aromatic amines is 1. The van der Waals surface area contributed by atoms with Crippen LogP contribution in [0.2, 0.25) is 0 Å². The molecular formula is C19H21N3O4. The zero-order valence-electron chi connectivity index (χ0n) is 14.8. The summed E-state index contributed by atoms with van der Waals surface area (Å²) in [4.78, 5) is 18.2. The summed E-state index contributed by atoms with van der Waals surface area (Å²) in [7, 11) is 0. The maximum Gasteiger partial charge on any atom is 0.271 e. The van der Waals surface area contributed by atoms with E-state index in [4.69, 9.17) is 9.47 Å². The summed E-state index contributed by atoms with van der Waals surface area (Å²) in [5.41, 5.74) is 2.15. The van der Waals surface area contributed by atoms with Gasteiger partial charge in [0.1, 0.15) is 5.82 Å². The first-order chi connectivity index (χ1) is 12.6. The van der Waals surface area contributed by atoms with Gasteiger partial charge in [0.15, 0.2) is 11.5 Å². The molecular weight excluding hydrogens is 334 g/mol. The van der Waals surface area contributed by atoms with Crippen LogP contribution in [-0.2, 0) is 0 Å². The Kier molecular flexibility index (Phi) is 5.36. The number of non-ortho nitro benzene ring substituents is 1. The molecule has 7 heteroatoms. The van der Waals surface area contributed by atoms with Crippen molar-refractivity contribution >= 4 is 16.7 Å². The lowest BCUT2D eigenvalue weighted by Crippen LogP contribution is -2.01. The number of unbranched alkanes of at least 4 members (excludes halogenated alkanes) is 1. The van der Waals surface area contributed by atoms with E-state index in [1.54, 1.807) is 6.07 Å². The fourth-order valence-corrected chi connectivity index (χ4v) is 2.62. The summed E-state index contributed by atoms with van der Waals surface area (Å²) in [6, 6.07) is 10.2. The standard InChI is InChI=1S/C19H21N3O4/c1-3-5-10-26-17-9-6-13(11-18(17)25-4-2)19-20-15-8-7-14(22(23)24)12-16(15)21-19/h6-9,11-12H,3-5,10H2,1-2H3,(H,20,21). The van der Waals surface area contributed by atoms with Crippen molar-refractivity contribution < 1.29 is 14.4 Å². The zero-order chi connectivity index (χ0) is 18.5. The predicted octanol–water partition coefficient (Wildman–Crippen LogP) is 4.72. The second kappa shape index (κ2) is 7.86. The third-order valence-corrected chi connectivity index (χ3v) is 3.95. The summed E-state index contributed by atoms with van der Waals surface area (Å²) < 4.78 is 11.5. The van der Waals surface area contributed by atoms with E-state index in [1.165, 1.54) is 12.1 Å². The second-order valence-corrected chi connectivity index (χ2v) is 5.84. The lowest BCUT2D eigenvalue weighted by Gasteiger charge is -2.12. The van der Waals surface area contributed by atoms with Gasteiger partial charge in [-0.1, -0.05) is 13.3 Å². The van der Waals surface area contributed by atoms with Crippen molar-refractivity contribution in [2.24, 2.45) is 0 Å². The first-order valence-electron chi connectivity index (χ1n) is 8.66. The zero-order valence-corrected chi connectivity index (χ0v) is 14.8. The van der Waals surface area contributed by atoms with Gasteiger partial charge in [-0.3, -0.25) is 10.1 Å². The molecule has 0 spiro atoms. The molecule has 0 unspecified atom stereocenters. The van der Waals surface area contributed by atoms with E-state index < -0.39 is 4.92 Å². The van der Waals surface area contributed by atoms with Gasteiger partial charge in [-0.15, -0.1) is 0 Å². The van der Waals surface area contributed by atoms with E-state index in [0.29, 0.717) is 41.6 Å². The van der Waals surface area contributed by atoms with Crippen LogP contribution in [0.15, 0.2) is 36.4 Å². The van der Waals surface area contributed by atoms with Gasteiger partial charge in [0.05, 0.1) is 29.2 Å². The van der Waals surface area contributed by atoms with Crippen LogP contribution in [0.3, 0.4) is 0 Å². The maximum atomic E-state index is 10.9. The number of ether oxygens (including phenoxy) is 2. The maximum absolute atomic E-state index is 10.9. The lowest BCUT2D eigenvalue weighted by atomic mass is 10.2. The lowest BCUT2D eigenvalue weighted by molar-refractivity contribution is -0.384. The summed E-state index contributed by atoms with van der Waals surface area (Å²) in [6.45, 7) is 5.20. The van der Waals surface area contributed by atoms with E-state index in [-0.39, 0.29) is 5.69 Å².